The number of rotatable bonds is 6. The summed E-state index contributed by atoms with van der Waals surface area (Å²) in [6.45, 7) is 1.79. The lowest BCUT2D eigenvalue weighted by Crippen LogP contribution is -2.27. The number of aromatic nitrogens is 3. The van der Waals surface area contributed by atoms with Gasteiger partial charge in [-0.1, -0.05) is 17.7 Å². The van der Waals surface area contributed by atoms with E-state index in [1.807, 2.05) is 30.3 Å². The number of carbonyl (C=O) groups excluding carboxylic acids is 1. The first-order valence-corrected chi connectivity index (χ1v) is 11.6. The maximum atomic E-state index is 13.3. The Morgan fingerprint density at radius 1 is 1.06 bits per heavy atom. The number of carbonyl (C=O) groups is 1. The molecular weight excluding hydrogens is 481 g/mol. The molecule has 0 radical (unpaired) electrons. The van der Waals surface area contributed by atoms with Crippen molar-refractivity contribution in [2.24, 2.45) is 0 Å². The van der Waals surface area contributed by atoms with Crippen LogP contribution in [0.25, 0.3) is 17.0 Å². The summed E-state index contributed by atoms with van der Waals surface area (Å²) >= 11 is 6.02. The molecule has 0 fully saturated rings. The van der Waals surface area contributed by atoms with Crippen molar-refractivity contribution >= 4 is 23.2 Å². The lowest BCUT2D eigenvalue weighted by Gasteiger charge is -2.15. The Kier molecular flexibility index (Phi) is 6.71. The summed E-state index contributed by atoms with van der Waals surface area (Å²) in [5, 5.41) is 3.44. The fourth-order valence-corrected chi connectivity index (χ4v) is 3.91. The van der Waals surface area contributed by atoms with Gasteiger partial charge < -0.3 is 5.32 Å². The van der Waals surface area contributed by atoms with E-state index in [9.17, 15) is 9.18 Å². The number of amides is 1. The van der Waals surface area contributed by atoms with Crippen LogP contribution in [-0.4, -0.2) is 20.9 Å². The first kappa shape index (κ1) is 23.6. The van der Waals surface area contributed by atoms with Crippen LogP contribution in [0, 0.1) is 5.82 Å². The Hall–Kier alpha value is -4.14. The van der Waals surface area contributed by atoms with Crippen LogP contribution < -0.4 is 10.8 Å². The Morgan fingerprint density at radius 2 is 1.92 bits per heavy atom. The molecule has 180 valence electrons. The normalized spacial score (nSPS) is 15.6. The summed E-state index contributed by atoms with van der Waals surface area (Å²) < 4.78 is 13.2. The molecule has 4 aromatic rings. The minimum absolute atomic E-state index is 0.313. The fourth-order valence-electron chi connectivity index (χ4n) is 3.80. The summed E-state index contributed by atoms with van der Waals surface area (Å²) in [7, 11) is 0. The van der Waals surface area contributed by atoms with Crippen LogP contribution in [-0.2, 0) is 4.84 Å². The van der Waals surface area contributed by atoms with E-state index < -0.39 is 11.9 Å². The van der Waals surface area contributed by atoms with E-state index in [4.69, 9.17) is 16.4 Å². The van der Waals surface area contributed by atoms with E-state index in [2.05, 4.69) is 25.7 Å². The molecule has 9 heteroatoms. The van der Waals surface area contributed by atoms with Crippen molar-refractivity contribution in [2.45, 2.75) is 19.1 Å². The van der Waals surface area contributed by atoms with Gasteiger partial charge in [0.1, 0.15) is 11.9 Å². The summed E-state index contributed by atoms with van der Waals surface area (Å²) in [4.78, 5) is 31.8. The van der Waals surface area contributed by atoms with Crippen LogP contribution in [0.4, 0.5) is 4.39 Å². The number of hydrogen-bond acceptors (Lipinski definition) is 6. The molecular formula is C27H21ClFN5O2. The average molecular weight is 502 g/mol. The lowest BCUT2D eigenvalue weighted by atomic mass is 9.99. The largest absolute Gasteiger partial charge is 0.344 e. The van der Waals surface area contributed by atoms with Crippen molar-refractivity contribution < 1.29 is 14.0 Å². The summed E-state index contributed by atoms with van der Waals surface area (Å²) in [6.07, 6.45) is 5.92. The molecule has 1 amide bonds. The van der Waals surface area contributed by atoms with Crippen LogP contribution in [0.15, 0.2) is 85.3 Å². The smallest absolute Gasteiger partial charge is 0.251 e. The molecule has 1 aliphatic rings. The predicted octanol–water partition coefficient (Wildman–Crippen LogP) is 5.44. The van der Waals surface area contributed by atoms with E-state index in [-0.39, 0.29) is 12.0 Å². The quantitative estimate of drug-likeness (QED) is 0.366. The Balaban J connectivity index is 1.48. The molecule has 7 nitrogen and oxygen atoms in total. The zero-order valence-corrected chi connectivity index (χ0v) is 19.9. The van der Waals surface area contributed by atoms with Gasteiger partial charge in [-0.25, -0.2) is 4.39 Å². The third-order valence-electron chi connectivity index (χ3n) is 5.66. The highest BCUT2D eigenvalue weighted by Gasteiger charge is 2.22. The molecule has 2 atom stereocenters. The molecule has 0 spiro atoms. The molecule has 0 aliphatic carbocycles. The highest BCUT2D eigenvalue weighted by Crippen LogP contribution is 2.31. The van der Waals surface area contributed by atoms with Gasteiger partial charge in [0.05, 0.1) is 40.0 Å². The van der Waals surface area contributed by atoms with Crippen molar-refractivity contribution in [1.82, 2.24) is 25.7 Å². The summed E-state index contributed by atoms with van der Waals surface area (Å²) in [6, 6.07) is 17.0. The van der Waals surface area contributed by atoms with Gasteiger partial charge in [-0.2, -0.15) is 0 Å². The van der Waals surface area contributed by atoms with Crippen molar-refractivity contribution in [3.8, 4) is 11.3 Å². The van der Waals surface area contributed by atoms with Gasteiger partial charge in [-0.3, -0.25) is 30.1 Å². The lowest BCUT2D eigenvalue weighted by molar-refractivity contribution is 0.0487. The molecule has 2 unspecified atom stereocenters. The fraction of sp³-hybridized carbons (Fsp3) is 0.111. The van der Waals surface area contributed by atoms with E-state index in [0.29, 0.717) is 27.7 Å². The Labute approximate surface area is 212 Å². The average Bonchev–Trinajstić information content (AvgIpc) is 3.40. The molecule has 3 aromatic heterocycles. The first-order valence-electron chi connectivity index (χ1n) is 11.2. The number of nitrogens with zero attached hydrogens (tertiary/aromatic N) is 3. The van der Waals surface area contributed by atoms with Crippen molar-refractivity contribution in [3.05, 3.63) is 119 Å². The Morgan fingerprint density at radius 3 is 2.64 bits per heavy atom. The molecule has 0 saturated heterocycles. The number of halogens is 2. The molecule has 36 heavy (non-hydrogen) atoms. The number of nitrogens with one attached hydrogen (secondary N) is 2. The van der Waals surface area contributed by atoms with Crippen LogP contribution in [0.2, 0.25) is 5.02 Å². The molecule has 1 aliphatic heterocycles. The van der Waals surface area contributed by atoms with Crippen molar-refractivity contribution in [2.75, 3.05) is 0 Å². The number of hydroxylamine groups is 1. The minimum Gasteiger partial charge on any atom is -0.344 e. The molecule has 4 heterocycles. The standard InChI is InChI=1S/C27H21ClFN5O2/c1-16(22-8-6-21(29)15-32-22)33-27(35)19-11-17(23-7-5-20(28)14-31-23)10-18(12-19)25-13-26(36-34-25)24-4-2-3-9-30-24/h2-16,26,34H,1H3,(H,33,35). The van der Waals surface area contributed by atoms with E-state index in [1.54, 1.807) is 49.6 Å². The highest BCUT2D eigenvalue weighted by atomic mass is 35.5. The first-order chi connectivity index (χ1) is 17.5. The SMILES string of the molecule is CC(NC(=O)c1cc(C2=CC(c3ccccn3)ON2)cc(-c2ccc(Cl)cn2)c1)c1ccc(F)cn1. The second kappa shape index (κ2) is 10.2. The van der Waals surface area contributed by atoms with Crippen LogP contribution >= 0.6 is 11.6 Å². The number of benzene rings is 1. The van der Waals surface area contributed by atoms with Gasteiger partial charge in [0.15, 0.2) is 0 Å². The predicted molar refractivity (Wildman–Crippen MR) is 134 cm³/mol. The third kappa shape index (κ3) is 5.25. The summed E-state index contributed by atoms with van der Waals surface area (Å²) in [5.74, 6) is -0.750. The Bertz CT molecular complexity index is 1410. The van der Waals surface area contributed by atoms with Gasteiger partial charge in [0, 0.05) is 29.1 Å². The number of hydrogen-bond donors (Lipinski definition) is 2. The zero-order valence-electron chi connectivity index (χ0n) is 19.2. The summed E-state index contributed by atoms with van der Waals surface area (Å²) in [5.41, 5.74) is 7.49. The second-order valence-corrected chi connectivity index (χ2v) is 8.67. The maximum absolute atomic E-state index is 13.3. The van der Waals surface area contributed by atoms with E-state index >= 15 is 0 Å². The number of pyridine rings is 3. The molecule has 0 bridgehead atoms. The second-order valence-electron chi connectivity index (χ2n) is 8.23. The topological polar surface area (TPSA) is 89.0 Å². The van der Waals surface area contributed by atoms with Crippen LogP contribution in [0.1, 0.15) is 46.4 Å². The van der Waals surface area contributed by atoms with Crippen molar-refractivity contribution in [3.63, 3.8) is 0 Å². The van der Waals surface area contributed by atoms with Gasteiger partial charge in [0.2, 0.25) is 0 Å². The molecule has 5 rings (SSSR count). The zero-order chi connectivity index (χ0) is 25.1. The van der Waals surface area contributed by atoms with Gasteiger partial charge in [0.25, 0.3) is 5.91 Å². The molecule has 1 aromatic carbocycles. The molecule has 2 N–H and O–H groups in total. The van der Waals surface area contributed by atoms with Crippen LogP contribution in [0.3, 0.4) is 0 Å². The minimum atomic E-state index is -0.436. The van der Waals surface area contributed by atoms with Gasteiger partial charge in [-0.05, 0) is 67.6 Å². The highest BCUT2D eigenvalue weighted by molar-refractivity contribution is 6.30. The van der Waals surface area contributed by atoms with E-state index in [1.165, 1.54) is 6.07 Å². The molecule has 0 saturated carbocycles. The van der Waals surface area contributed by atoms with Gasteiger partial charge >= 0.3 is 0 Å². The van der Waals surface area contributed by atoms with Crippen molar-refractivity contribution in [1.29, 1.82) is 0 Å². The maximum Gasteiger partial charge on any atom is 0.251 e. The third-order valence-corrected chi connectivity index (χ3v) is 5.89. The van der Waals surface area contributed by atoms with Crippen LogP contribution in [0.5, 0.6) is 0 Å². The monoisotopic (exact) mass is 501 g/mol. The van der Waals surface area contributed by atoms with Gasteiger partial charge in [-0.15, -0.1) is 0 Å². The van der Waals surface area contributed by atoms with E-state index in [0.717, 1.165) is 23.0 Å².